The normalized spacial score (nSPS) is 17.0. The summed E-state index contributed by atoms with van der Waals surface area (Å²) >= 11 is 0. The van der Waals surface area contributed by atoms with E-state index in [-0.39, 0.29) is 11.9 Å². The maximum absolute atomic E-state index is 12.7. The quantitative estimate of drug-likeness (QED) is 0.865. The van der Waals surface area contributed by atoms with Crippen LogP contribution in [0.2, 0.25) is 0 Å². The molecule has 1 unspecified atom stereocenters. The largest absolute Gasteiger partial charge is 0.377 e. The van der Waals surface area contributed by atoms with Crippen molar-refractivity contribution in [1.82, 2.24) is 14.5 Å². The van der Waals surface area contributed by atoms with Gasteiger partial charge in [0, 0.05) is 37.7 Å². The van der Waals surface area contributed by atoms with Gasteiger partial charge in [-0.15, -0.1) is 0 Å². The molecule has 0 radical (unpaired) electrons. The first-order valence-electron chi connectivity index (χ1n) is 7.95. The minimum absolute atomic E-state index is 0.0272. The molecule has 1 aliphatic rings. The summed E-state index contributed by atoms with van der Waals surface area (Å²) in [5.74, 6) is 0.862. The van der Waals surface area contributed by atoms with Crippen LogP contribution in [0.5, 0.6) is 0 Å². The van der Waals surface area contributed by atoms with Gasteiger partial charge in [0.05, 0.1) is 17.7 Å². The van der Waals surface area contributed by atoms with Crippen LogP contribution in [-0.2, 0) is 11.3 Å². The Morgan fingerprint density at radius 2 is 2.33 bits per heavy atom. The van der Waals surface area contributed by atoms with Crippen LogP contribution >= 0.6 is 0 Å². The maximum atomic E-state index is 12.7. The maximum Gasteiger partial charge on any atom is 0.253 e. The third-order valence-corrected chi connectivity index (χ3v) is 4.39. The highest BCUT2D eigenvalue weighted by molar-refractivity contribution is 5.94. The van der Waals surface area contributed by atoms with Crippen LogP contribution in [0.15, 0.2) is 30.5 Å². The number of ether oxygens (including phenoxy) is 1. The first-order chi connectivity index (χ1) is 11.6. The fourth-order valence-electron chi connectivity index (χ4n) is 3.27. The van der Waals surface area contributed by atoms with Gasteiger partial charge in [-0.25, -0.2) is 4.98 Å². The molecule has 6 heteroatoms. The average Bonchev–Trinajstić information content (AvgIpc) is 3.21. The molecule has 1 aromatic heterocycles. The number of nitrogens with zero attached hydrogens (tertiary/aromatic N) is 4. The second kappa shape index (κ2) is 6.85. The van der Waals surface area contributed by atoms with Crippen molar-refractivity contribution in [2.45, 2.75) is 26.0 Å². The van der Waals surface area contributed by atoms with E-state index in [1.807, 2.05) is 18.0 Å². The number of amides is 1. The number of imidazole rings is 1. The van der Waals surface area contributed by atoms with Crippen LogP contribution in [0.4, 0.5) is 0 Å². The predicted octanol–water partition coefficient (Wildman–Crippen LogP) is 2.30. The monoisotopic (exact) mass is 324 g/mol. The lowest BCUT2D eigenvalue weighted by molar-refractivity contribution is 0.0787. The lowest BCUT2D eigenvalue weighted by atomic mass is 10.1. The summed E-state index contributed by atoms with van der Waals surface area (Å²) < 4.78 is 7.39. The Morgan fingerprint density at radius 3 is 3.08 bits per heavy atom. The average molecular weight is 324 g/mol. The number of hydrogen-bond donors (Lipinski definition) is 0. The Labute approximate surface area is 141 Å². The van der Waals surface area contributed by atoms with Gasteiger partial charge in [0.25, 0.3) is 5.91 Å². The van der Waals surface area contributed by atoms with E-state index in [9.17, 15) is 4.79 Å². The summed E-state index contributed by atoms with van der Waals surface area (Å²) in [6.07, 6.45) is 2.73. The number of hydrogen-bond acceptors (Lipinski definition) is 4. The van der Waals surface area contributed by atoms with Crippen LogP contribution in [0.1, 0.15) is 39.9 Å². The molecule has 1 saturated heterocycles. The minimum Gasteiger partial charge on any atom is -0.377 e. The number of nitriles is 1. The number of methoxy groups -OCH3 is 1. The Hall–Kier alpha value is -2.65. The van der Waals surface area contributed by atoms with Crippen LogP contribution in [0.25, 0.3) is 0 Å². The lowest BCUT2D eigenvalue weighted by Crippen LogP contribution is -2.29. The topological polar surface area (TPSA) is 71.2 Å². The fourth-order valence-corrected chi connectivity index (χ4v) is 3.27. The number of carbonyl (C=O) groups excluding carboxylic acids is 1. The van der Waals surface area contributed by atoms with E-state index in [0.717, 1.165) is 17.9 Å². The first kappa shape index (κ1) is 16.2. The van der Waals surface area contributed by atoms with Crippen LogP contribution < -0.4 is 0 Å². The van der Waals surface area contributed by atoms with Crippen molar-refractivity contribution in [3.8, 4) is 6.07 Å². The molecule has 124 valence electrons. The summed E-state index contributed by atoms with van der Waals surface area (Å²) in [6.45, 7) is 3.82. The number of likely N-dealkylation sites (tertiary alicyclic amines) is 1. The molecular weight excluding hydrogens is 304 g/mol. The lowest BCUT2D eigenvalue weighted by Gasteiger charge is -2.19. The van der Waals surface area contributed by atoms with E-state index in [1.165, 1.54) is 0 Å². The molecule has 24 heavy (non-hydrogen) atoms. The van der Waals surface area contributed by atoms with Crippen molar-refractivity contribution in [2.24, 2.45) is 0 Å². The van der Waals surface area contributed by atoms with Crippen molar-refractivity contribution in [3.05, 3.63) is 53.1 Å². The molecule has 0 N–H and O–H groups in total. The summed E-state index contributed by atoms with van der Waals surface area (Å²) in [5.41, 5.74) is 2.14. The molecular formula is C18H20N4O2. The number of aryl methyl sites for hydroxylation is 1. The molecule has 1 aliphatic heterocycles. The van der Waals surface area contributed by atoms with Gasteiger partial charge in [-0.05, 0) is 31.5 Å². The first-order valence-corrected chi connectivity index (χ1v) is 7.95. The van der Waals surface area contributed by atoms with Crippen molar-refractivity contribution in [3.63, 3.8) is 0 Å². The Balaban J connectivity index is 1.77. The van der Waals surface area contributed by atoms with Gasteiger partial charge < -0.3 is 14.2 Å². The van der Waals surface area contributed by atoms with E-state index in [4.69, 9.17) is 10.00 Å². The van der Waals surface area contributed by atoms with Crippen LogP contribution in [0, 0.1) is 18.3 Å². The Kier molecular flexibility index (Phi) is 4.63. The van der Waals surface area contributed by atoms with Crippen molar-refractivity contribution in [1.29, 1.82) is 5.26 Å². The summed E-state index contributed by atoms with van der Waals surface area (Å²) in [4.78, 5) is 18.9. The van der Waals surface area contributed by atoms with E-state index < -0.39 is 0 Å². The molecule has 1 aromatic carbocycles. The molecule has 0 aliphatic carbocycles. The highest BCUT2D eigenvalue weighted by Gasteiger charge is 2.30. The molecule has 0 spiro atoms. The Bertz CT molecular complexity index is 791. The molecule has 1 atom stereocenters. The van der Waals surface area contributed by atoms with Gasteiger partial charge in [-0.1, -0.05) is 6.07 Å². The zero-order valence-electron chi connectivity index (χ0n) is 13.9. The fraction of sp³-hybridized carbons (Fsp3) is 0.389. The van der Waals surface area contributed by atoms with Crippen molar-refractivity contribution in [2.75, 3.05) is 20.2 Å². The molecule has 1 fully saturated rings. The van der Waals surface area contributed by atoms with Crippen molar-refractivity contribution >= 4 is 5.91 Å². The molecule has 0 bridgehead atoms. The molecule has 3 rings (SSSR count). The summed E-state index contributed by atoms with van der Waals surface area (Å²) in [6, 6.07) is 9.14. The smallest absolute Gasteiger partial charge is 0.253 e. The number of carbonyl (C=O) groups is 1. The standard InChI is InChI=1S/C18H20N4O2/c1-13-10-20-17(12-24-2)22(13)16-6-7-21(11-16)18(23)15-5-3-4-14(8-15)9-19/h3-5,8,10,16H,6-7,11-12H2,1-2H3. The highest BCUT2D eigenvalue weighted by Crippen LogP contribution is 2.26. The third-order valence-electron chi connectivity index (χ3n) is 4.39. The van der Waals surface area contributed by atoms with Gasteiger partial charge in [0.15, 0.2) is 0 Å². The summed E-state index contributed by atoms with van der Waals surface area (Å²) in [7, 11) is 1.65. The molecule has 0 saturated carbocycles. The molecule has 6 nitrogen and oxygen atoms in total. The second-order valence-corrected chi connectivity index (χ2v) is 6.01. The van der Waals surface area contributed by atoms with Gasteiger partial charge in [-0.3, -0.25) is 4.79 Å². The third kappa shape index (κ3) is 3.03. The number of rotatable bonds is 4. The number of benzene rings is 1. The van der Waals surface area contributed by atoms with Crippen molar-refractivity contribution < 1.29 is 9.53 Å². The molecule has 2 aromatic rings. The van der Waals surface area contributed by atoms with Crippen LogP contribution in [-0.4, -0.2) is 40.6 Å². The minimum atomic E-state index is -0.0272. The zero-order chi connectivity index (χ0) is 17.1. The SMILES string of the molecule is COCc1ncc(C)n1C1CCN(C(=O)c2cccc(C#N)c2)C1. The summed E-state index contributed by atoms with van der Waals surface area (Å²) in [5, 5.41) is 8.99. The number of aromatic nitrogens is 2. The molecule has 2 heterocycles. The van der Waals surface area contributed by atoms with E-state index in [1.54, 1.807) is 31.4 Å². The van der Waals surface area contributed by atoms with E-state index in [0.29, 0.717) is 30.8 Å². The Morgan fingerprint density at radius 1 is 1.50 bits per heavy atom. The van der Waals surface area contributed by atoms with Crippen LogP contribution in [0.3, 0.4) is 0 Å². The zero-order valence-corrected chi connectivity index (χ0v) is 13.9. The van der Waals surface area contributed by atoms with Gasteiger partial charge in [-0.2, -0.15) is 5.26 Å². The van der Waals surface area contributed by atoms with Gasteiger partial charge in [0.2, 0.25) is 0 Å². The molecule has 1 amide bonds. The highest BCUT2D eigenvalue weighted by atomic mass is 16.5. The predicted molar refractivity (Wildman–Crippen MR) is 88.4 cm³/mol. The van der Waals surface area contributed by atoms with E-state index in [2.05, 4.69) is 15.6 Å². The van der Waals surface area contributed by atoms with Gasteiger partial charge in [0.1, 0.15) is 12.4 Å². The second-order valence-electron chi connectivity index (χ2n) is 6.01. The van der Waals surface area contributed by atoms with E-state index >= 15 is 0 Å². The van der Waals surface area contributed by atoms with Gasteiger partial charge >= 0.3 is 0 Å².